The molecule has 2 aromatic rings. The maximum atomic E-state index is 12.8. The van der Waals surface area contributed by atoms with Gasteiger partial charge in [-0.3, -0.25) is 14.5 Å². The Balaban J connectivity index is 1.74. The number of benzene rings is 2. The van der Waals surface area contributed by atoms with Gasteiger partial charge in [-0.1, -0.05) is 23.7 Å². The first kappa shape index (κ1) is 18.4. The van der Waals surface area contributed by atoms with Crippen LogP contribution in [0, 0.1) is 11.3 Å². The molecule has 136 valence electrons. The van der Waals surface area contributed by atoms with E-state index in [1.54, 1.807) is 55.5 Å². The van der Waals surface area contributed by atoms with E-state index >= 15 is 0 Å². The Morgan fingerprint density at radius 3 is 2.41 bits per heavy atom. The minimum atomic E-state index is -1.30. The Bertz CT molecular complexity index is 950. The van der Waals surface area contributed by atoms with Crippen LogP contribution in [0.25, 0.3) is 0 Å². The SMILES string of the molecule is C[C@@]1(c2ccc(C#N)cc2)NC(=O)N(CC(=O)Nc2ccc(Cl)cc2)C1=O. The first-order valence-corrected chi connectivity index (χ1v) is 8.41. The molecule has 1 saturated heterocycles. The second-order valence-corrected chi connectivity index (χ2v) is 6.63. The summed E-state index contributed by atoms with van der Waals surface area (Å²) in [5.74, 6) is -1.05. The number of nitriles is 1. The van der Waals surface area contributed by atoms with Crippen molar-refractivity contribution in [3.63, 3.8) is 0 Å². The van der Waals surface area contributed by atoms with Crippen LogP contribution in [0.5, 0.6) is 0 Å². The van der Waals surface area contributed by atoms with Crippen molar-refractivity contribution in [1.82, 2.24) is 10.2 Å². The van der Waals surface area contributed by atoms with E-state index in [1.807, 2.05) is 6.07 Å². The number of nitrogens with zero attached hydrogens (tertiary/aromatic N) is 2. The van der Waals surface area contributed by atoms with Gasteiger partial charge in [0.1, 0.15) is 12.1 Å². The largest absolute Gasteiger partial charge is 0.325 e. The van der Waals surface area contributed by atoms with Crippen LogP contribution in [0.15, 0.2) is 48.5 Å². The fourth-order valence-corrected chi connectivity index (χ4v) is 2.92. The standard InChI is InChI=1S/C19H15ClN4O3/c1-19(13-4-2-12(10-21)3-5-13)17(26)24(18(27)23-19)11-16(25)22-15-8-6-14(20)7-9-15/h2-9H,11H2,1H3,(H,22,25)(H,23,27)/t19-/m0/s1. The number of carbonyl (C=O) groups is 3. The van der Waals surface area contributed by atoms with Crippen molar-refractivity contribution in [2.75, 3.05) is 11.9 Å². The van der Waals surface area contributed by atoms with Crippen molar-refractivity contribution in [1.29, 1.82) is 5.26 Å². The summed E-state index contributed by atoms with van der Waals surface area (Å²) in [6.45, 7) is 1.14. The Morgan fingerprint density at radius 1 is 1.19 bits per heavy atom. The molecule has 7 nitrogen and oxygen atoms in total. The number of urea groups is 1. The summed E-state index contributed by atoms with van der Waals surface area (Å²) in [6, 6.07) is 14.2. The van der Waals surface area contributed by atoms with Crippen molar-refractivity contribution in [3.05, 3.63) is 64.7 Å². The van der Waals surface area contributed by atoms with Crippen LogP contribution in [0.1, 0.15) is 18.1 Å². The molecule has 8 heteroatoms. The van der Waals surface area contributed by atoms with Crippen LogP contribution in [-0.4, -0.2) is 29.3 Å². The van der Waals surface area contributed by atoms with Gasteiger partial charge in [-0.15, -0.1) is 0 Å². The number of hydrogen-bond acceptors (Lipinski definition) is 4. The number of halogens is 1. The molecule has 1 aliphatic rings. The third kappa shape index (κ3) is 3.61. The fraction of sp³-hybridized carbons (Fsp3) is 0.158. The number of anilines is 1. The predicted octanol–water partition coefficient (Wildman–Crippen LogP) is 2.62. The predicted molar refractivity (Wildman–Crippen MR) is 98.8 cm³/mol. The molecule has 3 rings (SSSR count). The van der Waals surface area contributed by atoms with E-state index in [2.05, 4.69) is 10.6 Å². The molecule has 0 bridgehead atoms. The van der Waals surface area contributed by atoms with Gasteiger partial charge in [-0.05, 0) is 48.9 Å². The average Bonchev–Trinajstić information content (AvgIpc) is 2.88. The molecule has 27 heavy (non-hydrogen) atoms. The number of carbonyl (C=O) groups excluding carboxylic acids is 3. The lowest BCUT2D eigenvalue weighted by Gasteiger charge is -2.22. The Kier molecular flexibility index (Phi) is 4.84. The monoisotopic (exact) mass is 382 g/mol. The summed E-state index contributed by atoms with van der Waals surface area (Å²) in [4.78, 5) is 38.2. The third-order valence-corrected chi connectivity index (χ3v) is 4.55. The highest BCUT2D eigenvalue weighted by atomic mass is 35.5. The van der Waals surface area contributed by atoms with Crippen molar-refractivity contribution in [2.24, 2.45) is 0 Å². The van der Waals surface area contributed by atoms with Crippen LogP contribution >= 0.6 is 11.6 Å². The molecule has 1 atom stereocenters. The average molecular weight is 383 g/mol. The minimum absolute atomic E-state index is 0.417. The van der Waals surface area contributed by atoms with Gasteiger partial charge >= 0.3 is 6.03 Å². The zero-order valence-electron chi connectivity index (χ0n) is 14.3. The summed E-state index contributed by atoms with van der Waals surface area (Å²) in [5, 5.41) is 14.6. The number of nitrogens with one attached hydrogen (secondary N) is 2. The number of amides is 4. The molecule has 1 fully saturated rings. The van der Waals surface area contributed by atoms with Crippen LogP contribution in [0.3, 0.4) is 0 Å². The highest BCUT2D eigenvalue weighted by molar-refractivity contribution is 6.30. The van der Waals surface area contributed by atoms with E-state index in [0.717, 1.165) is 4.90 Å². The molecule has 0 aliphatic carbocycles. The van der Waals surface area contributed by atoms with Crippen LogP contribution in [-0.2, 0) is 15.1 Å². The van der Waals surface area contributed by atoms with E-state index in [9.17, 15) is 14.4 Å². The van der Waals surface area contributed by atoms with Gasteiger partial charge in [0.05, 0.1) is 11.6 Å². The normalized spacial score (nSPS) is 18.8. The third-order valence-electron chi connectivity index (χ3n) is 4.30. The summed E-state index contributed by atoms with van der Waals surface area (Å²) in [5.41, 5.74) is 0.177. The van der Waals surface area contributed by atoms with E-state index in [0.29, 0.717) is 21.8 Å². The molecule has 0 spiro atoms. The molecule has 4 amide bonds. The molecule has 1 heterocycles. The minimum Gasteiger partial charge on any atom is -0.325 e. The molecule has 0 radical (unpaired) electrons. The molecule has 0 saturated carbocycles. The van der Waals surface area contributed by atoms with E-state index in [1.165, 1.54) is 0 Å². The smallest absolute Gasteiger partial charge is 0.325 e. The quantitative estimate of drug-likeness (QED) is 0.793. The molecule has 0 unspecified atom stereocenters. The zero-order valence-corrected chi connectivity index (χ0v) is 15.1. The lowest BCUT2D eigenvalue weighted by Crippen LogP contribution is -2.42. The van der Waals surface area contributed by atoms with Gasteiger partial charge in [0.25, 0.3) is 5.91 Å². The Morgan fingerprint density at radius 2 is 1.81 bits per heavy atom. The first-order chi connectivity index (χ1) is 12.8. The highest BCUT2D eigenvalue weighted by Gasteiger charge is 2.49. The van der Waals surface area contributed by atoms with Crippen LogP contribution in [0.4, 0.5) is 10.5 Å². The van der Waals surface area contributed by atoms with E-state index < -0.39 is 29.9 Å². The van der Waals surface area contributed by atoms with Crippen molar-refractivity contribution in [2.45, 2.75) is 12.5 Å². The second-order valence-electron chi connectivity index (χ2n) is 6.19. The molecule has 2 aromatic carbocycles. The van der Waals surface area contributed by atoms with Crippen LogP contribution < -0.4 is 10.6 Å². The van der Waals surface area contributed by atoms with E-state index in [4.69, 9.17) is 16.9 Å². The van der Waals surface area contributed by atoms with Gasteiger partial charge in [0.2, 0.25) is 5.91 Å². The van der Waals surface area contributed by atoms with Crippen LogP contribution in [0.2, 0.25) is 5.02 Å². The van der Waals surface area contributed by atoms with Crippen molar-refractivity contribution >= 4 is 35.1 Å². The van der Waals surface area contributed by atoms with E-state index in [-0.39, 0.29) is 0 Å². The Labute approximate surface area is 160 Å². The maximum Gasteiger partial charge on any atom is 0.325 e. The van der Waals surface area contributed by atoms with Crippen molar-refractivity contribution < 1.29 is 14.4 Å². The van der Waals surface area contributed by atoms with Gasteiger partial charge < -0.3 is 10.6 Å². The lowest BCUT2D eigenvalue weighted by atomic mass is 9.91. The molecule has 1 aliphatic heterocycles. The van der Waals surface area contributed by atoms with Gasteiger partial charge in [-0.2, -0.15) is 5.26 Å². The molecular formula is C19H15ClN4O3. The number of hydrogen-bond donors (Lipinski definition) is 2. The Hall–Kier alpha value is -3.37. The molecule has 2 N–H and O–H groups in total. The topological polar surface area (TPSA) is 102 Å². The van der Waals surface area contributed by atoms with Gasteiger partial charge in [0.15, 0.2) is 0 Å². The molecule has 0 aromatic heterocycles. The zero-order chi connectivity index (χ0) is 19.6. The maximum absolute atomic E-state index is 12.8. The summed E-state index contributed by atoms with van der Waals surface area (Å²) >= 11 is 5.80. The second kappa shape index (κ2) is 7.09. The van der Waals surface area contributed by atoms with Gasteiger partial charge in [0, 0.05) is 10.7 Å². The highest BCUT2D eigenvalue weighted by Crippen LogP contribution is 2.29. The van der Waals surface area contributed by atoms with Crippen molar-refractivity contribution in [3.8, 4) is 6.07 Å². The summed E-state index contributed by atoms with van der Waals surface area (Å²) in [7, 11) is 0. The number of imide groups is 1. The molecular weight excluding hydrogens is 368 g/mol. The first-order valence-electron chi connectivity index (χ1n) is 8.03. The fourth-order valence-electron chi connectivity index (χ4n) is 2.79. The summed E-state index contributed by atoms with van der Waals surface area (Å²) < 4.78 is 0. The lowest BCUT2D eigenvalue weighted by molar-refractivity contribution is -0.133. The summed E-state index contributed by atoms with van der Waals surface area (Å²) in [6.07, 6.45) is 0. The van der Waals surface area contributed by atoms with Gasteiger partial charge in [-0.25, -0.2) is 4.79 Å². The number of rotatable bonds is 4.